The number of aromatic nitrogens is 1. The van der Waals surface area contributed by atoms with Crippen LogP contribution in [0.5, 0.6) is 0 Å². The third-order valence-electron chi connectivity index (χ3n) is 4.39. The van der Waals surface area contributed by atoms with Gasteiger partial charge in [-0.1, -0.05) is 0 Å². The molecule has 0 aromatic carbocycles. The molecule has 8 heteroatoms. The summed E-state index contributed by atoms with van der Waals surface area (Å²) in [5.74, 6) is -0.0302. The van der Waals surface area contributed by atoms with Gasteiger partial charge in [-0.15, -0.1) is 11.3 Å². The van der Waals surface area contributed by atoms with Crippen LogP contribution in [0.25, 0.3) is 0 Å². The Balaban J connectivity index is 1.51. The highest BCUT2D eigenvalue weighted by atomic mass is 32.1. The zero-order valence-electron chi connectivity index (χ0n) is 13.4. The normalized spacial score (nSPS) is 27.5. The fourth-order valence-electron chi connectivity index (χ4n) is 3.13. The third-order valence-corrected chi connectivity index (χ3v) is 4.98. The quantitative estimate of drug-likeness (QED) is 0.848. The predicted molar refractivity (Wildman–Crippen MR) is 86.4 cm³/mol. The summed E-state index contributed by atoms with van der Waals surface area (Å²) in [5, 5.41) is 4.80. The van der Waals surface area contributed by atoms with Gasteiger partial charge in [-0.25, -0.2) is 4.98 Å². The van der Waals surface area contributed by atoms with Crippen LogP contribution < -0.4 is 5.32 Å². The molecule has 0 unspecified atom stereocenters. The second-order valence-electron chi connectivity index (χ2n) is 6.34. The minimum atomic E-state index is -0.114. The fourth-order valence-corrected chi connectivity index (χ4v) is 3.66. The number of nitrogens with one attached hydrogen (secondary N) is 1. The number of carbonyl (C=O) groups is 2. The SMILES string of the molecule is CN(C)C(=O)C[C@H]1CN2C[C@H](NC(=O)c3cscn3)C[C@H]2CO1. The number of ether oxygens (including phenoxy) is 1. The zero-order valence-corrected chi connectivity index (χ0v) is 14.2. The molecule has 2 amide bonds. The van der Waals surface area contributed by atoms with Crippen molar-refractivity contribution in [2.45, 2.75) is 31.0 Å². The lowest BCUT2D eigenvalue weighted by atomic mass is 10.1. The van der Waals surface area contributed by atoms with Gasteiger partial charge in [0.2, 0.25) is 5.91 Å². The van der Waals surface area contributed by atoms with Crippen molar-refractivity contribution in [3.05, 3.63) is 16.6 Å². The number of amides is 2. The molecule has 3 atom stereocenters. The standard InChI is InChI=1S/C15H22N4O3S/c1-18(2)14(20)4-12-6-19-5-10(3-11(19)7-22-12)17-15(21)13-8-23-9-16-13/h8-12H,3-7H2,1-2H3,(H,17,21)/t10-,11+,12+/m1/s1. The molecule has 0 saturated carbocycles. The molecule has 0 radical (unpaired) electrons. The van der Waals surface area contributed by atoms with Gasteiger partial charge in [-0.05, 0) is 6.42 Å². The second-order valence-corrected chi connectivity index (χ2v) is 7.05. The number of morpholine rings is 1. The largest absolute Gasteiger partial charge is 0.375 e. The van der Waals surface area contributed by atoms with E-state index in [0.717, 1.165) is 19.5 Å². The Kier molecular flexibility index (Phi) is 4.93. The zero-order chi connectivity index (χ0) is 16.4. The van der Waals surface area contributed by atoms with E-state index in [1.54, 1.807) is 29.9 Å². The molecule has 0 bridgehead atoms. The molecule has 3 rings (SSSR count). The first-order valence-electron chi connectivity index (χ1n) is 7.77. The van der Waals surface area contributed by atoms with E-state index in [1.807, 2.05) is 0 Å². The van der Waals surface area contributed by atoms with E-state index in [9.17, 15) is 9.59 Å². The van der Waals surface area contributed by atoms with Crippen LogP contribution in [0.4, 0.5) is 0 Å². The van der Waals surface area contributed by atoms with E-state index in [-0.39, 0.29) is 24.0 Å². The summed E-state index contributed by atoms with van der Waals surface area (Å²) < 4.78 is 5.83. The van der Waals surface area contributed by atoms with Crippen molar-refractivity contribution in [1.29, 1.82) is 0 Å². The molecule has 1 aromatic heterocycles. The number of hydrogen-bond acceptors (Lipinski definition) is 6. The van der Waals surface area contributed by atoms with Crippen LogP contribution in [0, 0.1) is 0 Å². The maximum Gasteiger partial charge on any atom is 0.271 e. The van der Waals surface area contributed by atoms with Gasteiger partial charge >= 0.3 is 0 Å². The van der Waals surface area contributed by atoms with E-state index in [1.165, 1.54) is 11.3 Å². The fraction of sp³-hybridized carbons (Fsp3) is 0.667. The molecule has 0 spiro atoms. The summed E-state index contributed by atoms with van der Waals surface area (Å²) in [4.78, 5) is 31.8. The van der Waals surface area contributed by atoms with Gasteiger partial charge in [0.25, 0.3) is 5.91 Å². The molecule has 2 saturated heterocycles. The number of rotatable bonds is 4. The summed E-state index contributed by atoms with van der Waals surface area (Å²) in [5.41, 5.74) is 2.14. The van der Waals surface area contributed by atoms with Crippen LogP contribution in [-0.4, -0.2) is 78.6 Å². The number of carbonyl (C=O) groups excluding carboxylic acids is 2. The van der Waals surface area contributed by atoms with Crippen molar-refractivity contribution in [2.75, 3.05) is 33.8 Å². The van der Waals surface area contributed by atoms with Crippen LogP contribution in [0.1, 0.15) is 23.3 Å². The molecule has 2 aliphatic heterocycles. The first-order chi connectivity index (χ1) is 11.0. The molecule has 0 aliphatic carbocycles. The van der Waals surface area contributed by atoms with Crippen LogP contribution in [0.3, 0.4) is 0 Å². The minimum Gasteiger partial charge on any atom is -0.375 e. The first kappa shape index (κ1) is 16.4. The molecule has 3 heterocycles. The Bertz CT molecular complexity index is 563. The van der Waals surface area contributed by atoms with Crippen molar-refractivity contribution in [3.63, 3.8) is 0 Å². The highest BCUT2D eigenvalue weighted by Gasteiger charge is 2.38. The van der Waals surface area contributed by atoms with E-state index in [0.29, 0.717) is 24.8 Å². The van der Waals surface area contributed by atoms with Crippen LogP contribution in [-0.2, 0) is 9.53 Å². The van der Waals surface area contributed by atoms with Crippen LogP contribution >= 0.6 is 11.3 Å². The monoisotopic (exact) mass is 338 g/mol. The Morgan fingerprint density at radius 3 is 3.00 bits per heavy atom. The molecule has 23 heavy (non-hydrogen) atoms. The number of thiazole rings is 1. The molecule has 126 valence electrons. The molecular formula is C15H22N4O3S. The Morgan fingerprint density at radius 2 is 2.30 bits per heavy atom. The number of fused-ring (bicyclic) bond motifs is 1. The van der Waals surface area contributed by atoms with Gasteiger partial charge in [0.05, 0.1) is 24.6 Å². The lowest BCUT2D eigenvalue weighted by Gasteiger charge is -2.35. The number of nitrogens with zero attached hydrogens (tertiary/aromatic N) is 3. The summed E-state index contributed by atoms with van der Waals surface area (Å²) in [6.45, 7) is 2.17. The van der Waals surface area contributed by atoms with Crippen molar-refractivity contribution >= 4 is 23.2 Å². The smallest absolute Gasteiger partial charge is 0.271 e. The van der Waals surface area contributed by atoms with Crippen LogP contribution in [0.2, 0.25) is 0 Å². The maximum absolute atomic E-state index is 12.1. The van der Waals surface area contributed by atoms with Crippen molar-refractivity contribution < 1.29 is 14.3 Å². The van der Waals surface area contributed by atoms with E-state index in [4.69, 9.17) is 4.74 Å². The number of hydrogen-bond donors (Lipinski definition) is 1. The lowest BCUT2D eigenvalue weighted by molar-refractivity contribution is -0.134. The summed E-state index contributed by atoms with van der Waals surface area (Å²) in [6, 6.07) is 0.433. The molecular weight excluding hydrogens is 316 g/mol. The Labute approximate surface area is 139 Å². The van der Waals surface area contributed by atoms with Gasteiger partial charge in [-0.3, -0.25) is 14.5 Å². The topological polar surface area (TPSA) is 74.8 Å². The van der Waals surface area contributed by atoms with Crippen molar-refractivity contribution in [1.82, 2.24) is 20.1 Å². The van der Waals surface area contributed by atoms with Crippen molar-refractivity contribution in [2.24, 2.45) is 0 Å². The first-order valence-corrected chi connectivity index (χ1v) is 8.72. The van der Waals surface area contributed by atoms with E-state index < -0.39 is 0 Å². The average Bonchev–Trinajstić information content (AvgIpc) is 3.15. The highest BCUT2D eigenvalue weighted by Crippen LogP contribution is 2.24. The Hall–Kier alpha value is -1.51. The second kappa shape index (κ2) is 6.94. The summed E-state index contributed by atoms with van der Waals surface area (Å²) in [7, 11) is 3.52. The van der Waals surface area contributed by atoms with Gasteiger partial charge in [-0.2, -0.15) is 0 Å². The average molecular weight is 338 g/mol. The molecule has 1 N–H and O–H groups in total. The van der Waals surface area contributed by atoms with Crippen LogP contribution in [0.15, 0.2) is 10.9 Å². The minimum absolute atomic E-state index is 0.0610. The van der Waals surface area contributed by atoms with Gasteiger partial charge in [0, 0.05) is 44.6 Å². The van der Waals surface area contributed by atoms with Gasteiger partial charge in [0.1, 0.15) is 5.69 Å². The predicted octanol–water partition coefficient (Wildman–Crippen LogP) is 0.193. The van der Waals surface area contributed by atoms with Gasteiger partial charge in [0.15, 0.2) is 0 Å². The maximum atomic E-state index is 12.1. The lowest BCUT2D eigenvalue weighted by Crippen LogP contribution is -2.47. The van der Waals surface area contributed by atoms with E-state index >= 15 is 0 Å². The van der Waals surface area contributed by atoms with Gasteiger partial charge < -0.3 is 15.0 Å². The summed E-state index contributed by atoms with van der Waals surface area (Å²) >= 11 is 1.42. The summed E-state index contributed by atoms with van der Waals surface area (Å²) in [6.07, 6.45) is 1.23. The molecule has 7 nitrogen and oxygen atoms in total. The molecule has 1 aromatic rings. The van der Waals surface area contributed by atoms with E-state index in [2.05, 4.69) is 15.2 Å². The molecule has 2 aliphatic rings. The molecule has 2 fully saturated rings. The third kappa shape index (κ3) is 3.88. The van der Waals surface area contributed by atoms with Crippen molar-refractivity contribution in [3.8, 4) is 0 Å². The Morgan fingerprint density at radius 1 is 1.48 bits per heavy atom. The highest BCUT2D eigenvalue weighted by molar-refractivity contribution is 7.07.